The number of aryl methyl sites for hydroxylation is 1. The molecule has 1 aliphatic rings. The second-order valence-electron chi connectivity index (χ2n) is 5.09. The van der Waals surface area contributed by atoms with Crippen LogP contribution >= 0.6 is 11.6 Å². The maximum absolute atomic E-state index is 9.06. The van der Waals surface area contributed by atoms with Gasteiger partial charge in [0.1, 0.15) is 5.82 Å². The number of nitrogens with zero attached hydrogens (tertiary/aromatic N) is 3. The Kier molecular flexibility index (Phi) is 3.44. The molecule has 0 spiro atoms. The van der Waals surface area contributed by atoms with Crippen LogP contribution in [0.25, 0.3) is 11.0 Å². The van der Waals surface area contributed by atoms with Crippen molar-refractivity contribution in [2.24, 2.45) is 0 Å². The molecule has 0 N–H and O–H groups in total. The first kappa shape index (κ1) is 12.5. The molecule has 0 radical (unpaired) electrons. The van der Waals surface area contributed by atoms with Gasteiger partial charge in [-0.15, -0.1) is 11.6 Å². The topological polar surface area (TPSA) is 41.6 Å². The molecule has 4 heteroatoms. The zero-order valence-electron chi connectivity index (χ0n) is 10.8. The molecule has 98 valence electrons. The molecule has 2 aromatic rings. The number of rotatable bonds is 3. The highest BCUT2D eigenvalue weighted by atomic mass is 35.5. The van der Waals surface area contributed by atoms with E-state index in [9.17, 15) is 0 Å². The Morgan fingerprint density at radius 2 is 2.16 bits per heavy atom. The third-order valence-corrected chi connectivity index (χ3v) is 4.09. The summed E-state index contributed by atoms with van der Waals surface area (Å²) in [4.78, 5) is 4.69. The second kappa shape index (κ2) is 5.22. The average molecular weight is 274 g/mol. The van der Waals surface area contributed by atoms with E-state index in [-0.39, 0.29) is 0 Å². The molecule has 3 rings (SSSR count). The second-order valence-corrected chi connectivity index (χ2v) is 5.47. The maximum atomic E-state index is 9.06. The lowest BCUT2D eigenvalue weighted by atomic mass is 10.2. The fraction of sp³-hybridized carbons (Fsp3) is 0.467. The Hall–Kier alpha value is -1.53. The predicted octanol–water partition coefficient (Wildman–Crippen LogP) is 3.80. The number of hydrogen-bond donors (Lipinski definition) is 0. The molecule has 0 saturated heterocycles. The molecule has 0 unspecified atom stereocenters. The van der Waals surface area contributed by atoms with Crippen molar-refractivity contribution in [3.8, 4) is 6.07 Å². The number of aromatic nitrogens is 2. The van der Waals surface area contributed by atoms with Crippen LogP contribution in [0.3, 0.4) is 0 Å². The number of halogens is 1. The fourth-order valence-corrected chi connectivity index (χ4v) is 3.21. The molecule has 0 bridgehead atoms. The van der Waals surface area contributed by atoms with Crippen LogP contribution in [0.2, 0.25) is 0 Å². The SMILES string of the molecule is N#Cc1ccc2nc(CCCl)n(C3CCCC3)c2c1. The molecule has 0 atom stereocenters. The third kappa shape index (κ3) is 2.21. The summed E-state index contributed by atoms with van der Waals surface area (Å²) in [6, 6.07) is 8.47. The lowest BCUT2D eigenvalue weighted by Gasteiger charge is -2.16. The van der Waals surface area contributed by atoms with E-state index in [4.69, 9.17) is 21.8 Å². The van der Waals surface area contributed by atoms with Crippen molar-refractivity contribution in [3.05, 3.63) is 29.6 Å². The third-order valence-electron chi connectivity index (χ3n) is 3.90. The van der Waals surface area contributed by atoms with Crippen LogP contribution in [0.1, 0.15) is 43.1 Å². The Bertz CT molecular complexity index is 633. The molecule has 1 heterocycles. The zero-order chi connectivity index (χ0) is 13.2. The smallest absolute Gasteiger partial charge is 0.111 e. The Morgan fingerprint density at radius 1 is 1.37 bits per heavy atom. The van der Waals surface area contributed by atoms with E-state index < -0.39 is 0 Å². The summed E-state index contributed by atoms with van der Waals surface area (Å²) in [5.41, 5.74) is 2.76. The van der Waals surface area contributed by atoms with Crippen molar-refractivity contribution >= 4 is 22.6 Å². The Morgan fingerprint density at radius 3 is 2.84 bits per heavy atom. The minimum atomic E-state index is 0.525. The van der Waals surface area contributed by atoms with Crippen molar-refractivity contribution in [2.45, 2.75) is 38.1 Å². The van der Waals surface area contributed by atoms with Gasteiger partial charge in [-0.2, -0.15) is 5.26 Å². The van der Waals surface area contributed by atoms with Gasteiger partial charge in [0, 0.05) is 18.3 Å². The largest absolute Gasteiger partial charge is 0.325 e. The van der Waals surface area contributed by atoms with Gasteiger partial charge in [-0.25, -0.2) is 4.98 Å². The monoisotopic (exact) mass is 273 g/mol. The molecule has 1 fully saturated rings. The highest BCUT2D eigenvalue weighted by Gasteiger charge is 2.22. The predicted molar refractivity (Wildman–Crippen MR) is 76.4 cm³/mol. The molecule has 3 nitrogen and oxygen atoms in total. The molecule has 19 heavy (non-hydrogen) atoms. The minimum Gasteiger partial charge on any atom is -0.325 e. The number of fused-ring (bicyclic) bond motifs is 1. The fourth-order valence-electron chi connectivity index (χ4n) is 3.04. The van der Waals surface area contributed by atoms with Crippen molar-refractivity contribution in [3.63, 3.8) is 0 Å². The summed E-state index contributed by atoms with van der Waals surface area (Å²) >= 11 is 5.90. The first-order valence-electron chi connectivity index (χ1n) is 6.80. The Balaban J connectivity index is 2.17. The van der Waals surface area contributed by atoms with E-state index in [2.05, 4.69) is 10.6 Å². The summed E-state index contributed by atoms with van der Waals surface area (Å²) in [7, 11) is 0. The lowest BCUT2D eigenvalue weighted by Crippen LogP contribution is -2.09. The average Bonchev–Trinajstić information content (AvgIpc) is 3.04. The van der Waals surface area contributed by atoms with Crippen LogP contribution in [-0.2, 0) is 6.42 Å². The normalized spacial score (nSPS) is 16.0. The standard InChI is InChI=1S/C15H16ClN3/c16-8-7-15-18-13-6-5-11(10-17)9-14(13)19(15)12-3-1-2-4-12/h5-6,9,12H,1-4,7-8H2. The van der Waals surface area contributed by atoms with Crippen molar-refractivity contribution in [1.29, 1.82) is 5.26 Å². The van der Waals surface area contributed by atoms with Gasteiger partial charge in [0.25, 0.3) is 0 Å². The molecular formula is C15H16ClN3. The summed E-state index contributed by atoms with van der Waals surface area (Å²) < 4.78 is 2.32. The van der Waals surface area contributed by atoms with Crippen LogP contribution in [0, 0.1) is 11.3 Å². The van der Waals surface area contributed by atoms with Gasteiger partial charge < -0.3 is 4.57 Å². The first-order chi connectivity index (χ1) is 9.33. The van der Waals surface area contributed by atoms with Crippen LogP contribution in [0.15, 0.2) is 18.2 Å². The van der Waals surface area contributed by atoms with Gasteiger partial charge in [-0.3, -0.25) is 0 Å². The number of imidazole rings is 1. The molecule has 0 amide bonds. The van der Waals surface area contributed by atoms with E-state index in [0.29, 0.717) is 17.5 Å². The number of hydrogen-bond acceptors (Lipinski definition) is 2. The zero-order valence-corrected chi connectivity index (χ0v) is 11.5. The minimum absolute atomic E-state index is 0.525. The summed E-state index contributed by atoms with van der Waals surface area (Å²) in [6.45, 7) is 0. The summed E-state index contributed by atoms with van der Waals surface area (Å²) in [6.07, 6.45) is 5.76. The van der Waals surface area contributed by atoms with Crippen LogP contribution in [0.5, 0.6) is 0 Å². The van der Waals surface area contributed by atoms with Crippen LogP contribution in [0.4, 0.5) is 0 Å². The first-order valence-corrected chi connectivity index (χ1v) is 7.34. The molecule has 1 saturated carbocycles. The van der Waals surface area contributed by atoms with Crippen molar-refractivity contribution in [1.82, 2.24) is 9.55 Å². The molecule has 1 aromatic carbocycles. The highest BCUT2D eigenvalue weighted by Crippen LogP contribution is 2.34. The number of nitriles is 1. The van der Waals surface area contributed by atoms with Crippen LogP contribution < -0.4 is 0 Å². The van der Waals surface area contributed by atoms with E-state index in [1.165, 1.54) is 25.7 Å². The number of alkyl halides is 1. The van der Waals surface area contributed by atoms with Gasteiger partial charge in [-0.1, -0.05) is 12.8 Å². The van der Waals surface area contributed by atoms with E-state index in [1.807, 2.05) is 18.2 Å². The lowest BCUT2D eigenvalue weighted by molar-refractivity contribution is 0.513. The summed E-state index contributed by atoms with van der Waals surface area (Å²) in [5.74, 6) is 1.65. The van der Waals surface area contributed by atoms with Crippen molar-refractivity contribution in [2.75, 3.05) is 5.88 Å². The van der Waals surface area contributed by atoms with Crippen LogP contribution in [-0.4, -0.2) is 15.4 Å². The number of benzene rings is 1. The Labute approximate surface area is 117 Å². The van der Waals surface area contributed by atoms with Gasteiger partial charge in [0.15, 0.2) is 0 Å². The van der Waals surface area contributed by atoms with Crippen molar-refractivity contribution < 1.29 is 0 Å². The van der Waals surface area contributed by atoms with Gasteiger partial charge >= 0.3 is 0 Å². The molecular weight excluding hydrogens is 258 g/mol. The van der Waals surface area contributed by atoms with Gasteiger partial charge in [0.05, 0.1) is 22.7 Å². The quantitative estimate of drug-likeness (QED) is 0.798. The van der Waals surface area contributed by atoms with E-state index >= 15 is 0 Å². The maximum Gasteiger partial charge on any atom is 0.111 e. The summed E-state index contributed by atoms with van der Waals surface area (Å²) in [5, 5.41) is 9.06. The molecule has 1 aromatic heterocycles. The van der Waals surface area contributed by atoms with Gasteiger partial charge in [0.2, 0.25) is 0 Å². The molecule has 0 aliphatic heterocycles. The van der Waals surface area contributed by atoms with Gasteiger partial charge in [-0.05, 0) is 31.0 Å². The van der Waals surface area contributed by atoms with E-state index in [0.717, 1.165) is 23.3 Å². The van der Waals surface area contributed by atoms with E-state index in [1.54, 1.807) is 0 Å². The molecule has 1 aliphatic carbocycles. The highest BCUT2D eigenvalue weighted by molar-refractivity contribution is 6.17.